The number of hydrogen-bond acceptors (Lipinski definition) is 5. The van der Waals surface area contributed by atoms with Crippen LogP contribution in [0.25, 0.3) is 10.9 Å². The van der Waals surface area contributed by atoms with Crippen molar-refractivity contribution in [2.24, 2.45) is 0 Å². The van der Waals surface area contributed by atoms with E-state index in [1.54, 1.807) is 18.2 Å². The van der Waals surface area contributed by atoms with Crippen LogP contribution in [-0.2, 0) is 17.8 Å². The molecule has 3 rings (SSSR count). The number of amides is 1. The molecular formula is C18H16ClFN4O3. The van der Waals surface area contributed by atoms with Gasteiger partial charge in [0, 0.05) is 6.54 Å². The average Bonchev–Trinajstić information content (AvgIpc) is 2.64. The van der Waals surface area contributed by atoms with Gasteiger partial charge in [-0.1, -0.05) is 22.9 Å². The van der Waals surface area contributed by atoms with Crippen molar-refractivity contribution in [3.05, 3.63) is 63.2 Å². The lowest BCUT2D eigenvalue weighted by Gasteiger charge is -2.08. The Morgan fingerprint density at radius 3 is 2.85 bits per heavy atom. The Kier molecular flexibility index (Phi) is 5.66. The number of hydrogen-bond donors (Lipinski definition) is 1. The predicted octanol–water partition coefficient (Wildman–Crippen LogP) is 1.95. The molecule has 0 aliphatic carbocycles. The van der Waals surface area contributed by atoms with Crippen molar-refractivity contribution < 1.29 is 13.9 Å². The van der Waals surface area contributed by atoms with E-state index in [2.05, 4.69) is 15.6 Å². The Balaban J connectivity index is 1.60. The number of methoxy groups -OCH3 is 1. The zero-order chi connectivity index (χ0) is 19.4. The van der Waals surface area contributed by atoms with Crippen LogP contribution in [0.3, 0.4) is 0 Å². The van der Waals surface area contributed by atoms with Gasteiger partial charge in [0.15, 0.2) is 0 Å². The van der Waals surface area contributed by atoms with Gasteiger partial charge in [-0.2, -0.15) is 0 Å². The summed E-state index contributed by atoms with van der Waals surface area (Å²) in [4.78, 5) is 24.4. The van der Waals surface area contributed by atoms with Crippen LogP contribution in [0.15, 0.2) is 41.2 Å². The molecule has 0 bridgehead atoms. The van der Waals surface area contributed by atoms with E-state index in [4.69, 9.17) is 16.3 Å². The fourth-order valence-electron chi connectivity index (χ4n) is 2.56. The maximum atomic E-state index is 13.3. The van der Waals surface area contributed by atoms with Gasteiger partial charge in [0.1, 0.15) is 17.1 Å². The van der Waals surface area contributed by atoms with Gasteiger partial charge in [-0.15, -0.1) is 5.10 Å². The summed E-state index contributed by atoms with van der Waals surface area (Å²) in [5, 5.41) is 10.9. The smallest absolute Gasteiger partial charge is 0.277 e. The molecule has 7 nitrogen and oxygen atoms in total. The largest absolute Gasteiger partial charge is 0.495 e. The second kappa shape index (κ2) is 8.13. The summed E-state index contributed by atoms with van der Waals surface area (Å²) in [6, 6.07) is 8.83. The maximum absolute atomic E-state index is 13.3. The van der Waals surface area contributed by atoms with E-state index in [-0.39, 0.29) is 30.8 Å². The van der Waals surface area contributed by atoms with Crippen LogP contribution in [-0.4, -0.2) is 34.6 Å². The number of benzene rings is 2. The third-order valence-electron chi connectivity index (χ3n) is 3.91. The number of nitrogens with one attached hydrogen (secondary N) is 1. The lowest BCUT2D eigenvalue weighted by atomic mass is 10.1. The molecule has 0 aliphatic rings. The molecule has 1 aromatic heterocycles. The molecule has 2 aromatic carbocycles. The van der Waals surface area contributed by atoms with Crippen LogP contribution in [0.5, 0.6) is 5.75 Å². The Morgan fingerprint density at radius 1 is 1.30 bits per heavy atom. The summed E-state index contributed by atoms with van der Waals surface area (Å²) in [7, 11) is 1.51. The van der Waals surface area contributed by atoms with Crippen LogP contribution in [0.4, 0.5) is 4.39 Å². The molecule has 0 saturated heterocycles. The van der Waals surface area contributed by atoms with Gasteiger partial charge in [0.05, 0.1) is 30.5 Å². The Labute approximate surface area is 158 Å². The van der Waals surface area contributed by atoms with Crippen LogP contribution in [0.1, 0.15) is 5.56 Å². The van der Waals surface area contributed by atoms with E-state index in [0.717, 1.165) is 16.3 Å². The second-order valence-electron chi connectivity index (χ2n) is 5.77. The highest BCUT2D eigenvalue weighted by atomic mass is 35.5. The minimum atomic E-state index is -0.523. The topological polar surface area (TPSA) is 86.1 Å². The third-order valence-corrected chi connectivity index (χ3v) is 4.21. The number of rotatable bonds is 6. The van der Waals surface area contributed by atoms with E-state index in [9.17, 15) is 14.0 Å². The number of aromatic nitrogens is 3. The molecule has 27 heavy (non-hydrogen) atoms. The quantitative estimate of drug-likeness (QED) is 0.695. The summed E-state index contributed by atoms with van der Waals surface area (Å²) < 4.78 is 19.5. The van der Waals surface area contributed by atoms with E-state index in [0.29, 0.717) is 16.3 Å². The monoisotopic (exact) mass is 390 g/mol. The molecule has 0 unspecified atom stereocenters. The number of carbonyl (C=O) groups excluding carboxylic acids is 1. The van der Waals surface area contributed by atoms with Crippen LogP contribution < -0.4 is 15.6 Å². The number of ether oxygens (including phenoxy) is 1. The normalized spacial score (nSPS) is 10.8. The van der Waals surface area contributed by atoms with Crippen molar-refractivity contribution in [1.29, 1.82) is 0 Å². The zero-order valence-corrected chi connectivity index (χ0v) is 15.2. The molecule has 3 aromatic rings. The lowest BCUT2D eigenvalue weighted by Crippen LogP contribution is -2.33. The van der Waals surface area contributed by atoms with Gasteiger partial charge in [-0.25, -0.2) is 9.07 Å². The van der Waals surface area contributed by atoms with Gasteiger partial charge in [-0.05, 0) is 35.9 Å². The lowest BCUT2D eigenvalue weighted by molar-refractivity contribution is -0.120. The first kappa shape index (κ1) is 18.8. The molecule has 1 N–H and O–H groups in total. The molecule has 1 heterocycles. The summed E-state index contributed by atoms with van der Waals surface area (Å²) in [5.41, 5.74) is 0.588. The van der Waals surface area contributed by atoms with E-state index >= 15 is 0 Å². The highest BCUT2D eigenvalue weighted by Gasteiger charge is 2.09. The van der Waals surface area contributed by atoms with Crippen molar-refractivity contribution in [3.8, 4) is 5.75 Å². The fraction of sp³-hybridized carbons (Fsp3) is 0.222. The van der Waals surface area contributed by atoms with Gasteiger partial charge in [0.2, 0.25) is 5.91 Å². The SMILES string of the molecule is COc1ccc(CC(=O)NCCn2nnc3ccc(F)cc3c2=O)cc1Cl. The molecule has 0 atom stereocenters. The molecular weight excluding hydrogens is 375 g/mol. The number of halogens is 2. The first-order chi connectivity index (χ1) is 13.0. The van der Waals surface area contributed by atoms with E-state index in [1.165, 1.54) is 19.2 Å². The molecule has 0 aliphatic heterocycles. The molecule has 0 radical (unpaired) electrons. The summed E-state index contributed by atoms with van der Waals surface area (Å²) in [6.45, 7) is 0.297. The molecule has 0 fully saturated rings. The van der Waals surface area contributed by atoms with Crippen molar-refractivity contribution in [2.75, 3.05) is 13.7 Å². The van der Waals surface area contributed by atoms with Crippen molar-refractivity contribution >= 4 is 28.4 Å². The van der Waals surface area contributed by atoms with Gasteiger partial charge in [-0.3, -0.25) is 9.59 Å². The van der Waals surface area contributed by atoms with Crippen LogP contribution in [0, 0.1) is 5.82 Å². The molecule has 0 spiro atoms. The van der Waals surface area contributed by atoms with Crippen LogP contribution >= 0.6 is 11.6 Å². The maximum Gasteiger partial charge on any atom is 0.277 e. The van der Waals surface area contributed by atoms with Gasteiger partial charge in [0.25, 0.3) is 5.56 Å². The predicted molar refractivity (Wildman–Crippen MR) is 98.5 cm³/mol. The molecule has 140 valence electrons. The number of fused-ring (bicyclic) bond motifs is 1. The highest BCUT2D eigenvalue weighted by molar-refractivity contribution is 6.32. The number of carbonyl (C=O) groups is 1. The Hall–Kier alpha value is -3.00. The molecule has 9 heteroatoms. The van der Waals surface area contributed by atoms with Crippen molar-refractivity contribution in [1.82, 2.24) is 20.3 Å². The Bertz CT molecular complexity index is 1050. The van der Waals surface area contributed by atoms with E-state index in [1.807, 2.05) is 0 Å². The standard InChI is InChI=1S/C18H16ClFN4O3/c1-27-16-5-2-11(8-14(16)19)9-17(25)21-6-7-24-18(26)13-10-12(20)3-4-15(13)22-23-24/h2-5,8,10H,6-7,9H2,1H3,(H,21,25). The van der Waals surface area contributed by atoms with Crippen molar-refractivity contribution in [3.63, 3.8) is 0 Å². The van der Waals surface area contributed by atoms with Crippen molar-refractivity contribution in [2.45, 2.75) is 13.0 Å². The highest BCUT2D eigenvalue weighted by Crippen LogP contribution is 2.25. The summed E-state index contributed by atoms with van der Waals surface area (Å²) >= 11 is 6.04. The minimum Gasteiger partial charge on any atom is -0.495 e. The van der Waals surface area contributed by atoms with Gasteiger partial charge < -0.3 is 10.1 Å². The first-order valence-corrected chi connectivity index (χ1v) is 8.48. The number of nitrogens with zero attached hydrogens (tertiary/aromatic N) is 3. The molecule has 0 saturated carbocycles. The van der Waals surface area contributed by atoms with E-state index < -0.39 is 11.4 Å². The minimum absolute atomic E-state index is 0.118. The first-order valence-electron chi connectivity index (χ1n) is 8.10. The van der Waals surface area contributed by atoms with Gasteiger partial charge >= 0.3 is 0 Å². The zero-order valence-electron chi connectivity index (χ0n) is 14.4. The fourth-order valence-corrected chi connectivity index (χ4v) is 2.84. The third kappa shape index (κ3) is 4.40. The summed E-state index contributed by atoms with van der Waals surface area (Å²) in [5.74, 6) is -0.221. The Morgan fingerprint density at radius 2 is 2.11 bits per heavy atom. The second-order valence-corrected chi connectivity index (χ2v) is 6.18. The average molecular weight is 391 g/mol. The van der Waals surface area contributed by atoms with Crippen LogP contribution in [0.2, 0.25) is 5.02 Å². The molecule has 1 amide bonds. The summed E-state index contributed by atoms with van der Waals surface area (Å²) in [6.07, 6.45) is 0.132.